The number of carbonyl (C=O) groups is 1. The molecule has 1 aliphatic carbocycles. The molecule has 0 bridgehead atoms. The zero-order valence-corrected chi connectivity index (χ0v) is 10.5. The van der Waals surface area contributed by atoms with Gasteiger partial charge in [-0.05, 0) is 41.2 Å². The van der Waals surface area contributed by atoms with Gasteiger partial charge in [-0.2, -0.15) is 0 Å². The van der Waals surface area contributed by atoms with Gasteiger partial charge in [0, 0.05) is 0 Å². The van der Waals surface area contributed by atoms with Crippen LogP contribution in [-0.4, -0.2) is 13.1 Å². The molecule has 2 nitrogen and oxygen atoms in total. The number of carbonyl (C=O) groups excluding carboxylic acids is 1. The molecular weight excluding hydrogens is 224 g/mol. The van der Waals surface area contributed by atoms with Crippen LogP contribution >= 0.6 is 0 Å². The van der Waals surface area contributed by atoms with Crippen molar-refractivity contribution in [1.29, 1.82) is 0 Å². The van der Waals surface area contributed by atoms with Crippen molar-refractivity contribution in [3.05, 3.63) is 47.5 Å². The van der Waals surface area contributed by atoms with Gasteiger partial charge in [-0.15, -0.1) is 0 Å². The second kappa shape index (κ2) is 4.45. The molecule has 1 unspecified atom stereocenters. The molecule has 0 N–H and O–H groups in total. The number of ether oxygens (including phenoxy) is 1. The molecule has 1 atom stereocenters. The summed E-state index contributed by atoms with van der Waals surface area (Å²) in [7, 11) is 1.47. The van der Waals surface area contributed by atoms with E-state index in [1.165, 1.54) is 29.0 Å². The average Bonchev–Trinajstić information content (AvgIpc) is 2.45. The van der Waals surface area contributed by atoms with Gasteiger partial charge in [-0.1, -0.05) is 36.4 Å². The van der Waals surface area contributed by atoms with Gasteiger partial charge in [-0.25, -0.2) is 0 Å². The number of esters is 1. The van der Waals surface area contributed by atoms with Gasteiger partial charge in [0.1, 0.15) is 0 Å². The highest BCUT2D eigenvalue weighted by Crippen LogP contribution is 2.32. The van der Waals surface area contributed by atoms with Crippen LogP contribution in [0.4, 0.5) is 0 Å². The first kappa shape index (κ1) is 11.3. The monoisotopic (exact) mass is 240 g/mol. The molecule has 2 aromatic carbocycles. The molecule has 0 aromatic heterocycles. The van der Waals surface area contributed by atoms with Gasteiger partial charge in [0.05, 0.1) is 13.0 Å². The maximum absolute atomic E-state index is 11.7. The van der Waals surface area contributed by atoms with Crippen LogP contribution in [0, 0.1) is 5.92 Å². The van der Waals surface area contributed by atoms with Crippen molar-refractivity contribution < 1.29 is 9.53 Å². The third-order valence-electron chi connectivity index (χ3n) is 3.88. The first-order valence-electron chi connectivity index (χ1n) is 6.37. The molecule has 0 radical (unpaired) electrons. The third kappa shape index (κ3) is 1.78. The van der Waals surface area contributed by atoms with Crippen LogP contribution in [0.25, 0.3) is 10.8 Å². The predicted molar refractivity (Wildman–Crippen MR) is 71.5 cm³/mol. The van der Waals surface area contributed by atoms with E-state index < -0.39 is 0 Å². The van der Waals surface area contributed by atoms with E-state index in [9.17, 15) is 4.79 Å². The zero-order chi connectivity index (χ0) is 12.5. The van der Waals surface area contributed by atoms with Crippen LogP contribution in [0.2, 0.25) is 0 Å². The summed E-state index contributed by atoms with van der Waals surface area (Å²) in [4.78, 5) is 11.7. The standard InChI is InChI=1S/C16H16O2/c1-18-16(17)13-9-8-12-7-6-11-4-2-3-5-14(11)15(12)10-13/h2-7,13H,8-10H2,1H3. The Morgan fingerprint density at radius 2 is 2.06 bits per heavy atom. The normalized spacial score (nSPS) is 18.4. The number of aryl methyl sites for hydroxylation is 1. The lowest BCUT2D eigenvalue weighted by atomic mass is 9.81. The molecule has 2 aromatic rings. The predicted octanol–water partition coefficient (Wildman–Crippen LogP) is 3.12. The summed E-state index contributed by atoms with van der Waals surface area (Å²) in [5.41, 5.74) is 2.71. The van der Waals surface area contributed by atoms with Crippen molar-refractivity contribution in [2.45, 2.75) is 19.3 Å². The lowest BCUT2D eigenvalue weighted by molar-refractivity contribution is -0.145. The maximum Gasteiger partial charge on any atom is 0.309 e. The van der Waals surface area contributed by atoms with E-state index in [-0.39, 0.29) is 11.9 Å². The Labute approximate surface area is 107 Å². The SMILES string of the molecule is COC(=O)C1CCc2ccc3ccccc3c2C1. The number of hydrogen-bond donors (Lipinski definition) is 0. The highest BCUT2D eigenvalue weighted by atomic mass is 16.5. The highest BCUT2D eigenvalue weighted by molar-refractivity contribution is 5.87. The second-order valence-electron chi connectivity index (χ2n) is 4.89. The summed E-state index contributed by atoms with van der Waals surface area (Å²) in [5, 5.41) is 2.53. The van der Waals surface area contributed by atoms with Crippen LogP contribution in [-0.2, 0) is 22.4 Å². The van der Waals surface area contributed by atoms with E-state index in [2.05, 4.69) is 36.4 Å². The fraction of sp³-hybridized carbons (Fsp3) is 0.312. The first-order chi connectivity index (χ1) is 8.79. The Kier molecular flexibility index (Phi) is 2.78. The average molecular weight is 240 g/mol. The van der Waals surface area contributed by atoms with Crippen LogP contribution in [0.5, 0.6) is 0 Å². The van der Waals surface area contributed by atoms with E-state index in [4.69, 9.17) is 4.74 Å². The lowest BCUT2D eigenvalue weighted by Crippen LogP contribution is -2.23. The van der Waals surface area contributed by atoms with Crippen LogP contribution in [0.15, 0.2) is 36.4 Å². The molecule has 18 heavy (non-hydrogen) atoms. The molecule has 3 rings (SSSR count). The highest BCUT2D eigenvalue weighted by Gasteiger charge is 2.26. The van der Waals surface area contributed by atoms with Gasteiger partial charge in [-0.3, -0.25) is 4.79 Å². The van der Waals surface area contributed by atoms with Crippen molar-refractivity contribution in [2.75, 3.05) is 7.11 Å². The molecule has 2 heteroatoms. The minimum atomic E-state index is -0.0754. The fourth-order valence-corrected chi connectivity index (χ4v) is 2.90. The number of benzene rings is 2. The molecule has 0 saturated carbocycles. The van der Waals surface area contributed by atoms with Gasteiger partial charge in [0.25, 0.3) is 0 Å². The summed E-state index contributed by atoms with van der Waals surface area (Å²) >= 11 is 0. The molecule has 0 heterocycles. The van der Waals surface area contributed by atoms with Gasteiger partial charge >= 0.3 is 5.97 Å². The van der Waals surface area contributed by atoms with Crippen molar-refractivity contribution in [3.63, 3.8) is 0 Å². The Bertz CT molecular complexity index is 601. The van der Waals surface area contributed by atoms with Gasteiger partial charge in [0.15, 0.2) is 0 Å². The molecule has 0 fully saturated rings. The Balaban J connectivity index is 2.07. The number of hydrogen-bond acceptors (Lipinski definition) is 2. The van der Waals surface area contributed by atoms with E-state index >= 15 is 0 Å². The molecule has 0 amide bonds. The molecular formula is C16H16O2. The maximum atomic E-state index is 11.7. The molecule has 92 valence electrons. The third-order valence-corrected chi connectivity index (χ3v) is 3.88. The van der Waals surface area contributed by atoms with Gasteiger partial charge < -0.3 is 4.74 Å². The van der Waals surface area contributed by atoms with Crippen molar-refractivity contribution in [2.24, 2.45) is 5.92 Å². The Morgan fingerprint density at radius 1 is 1.22 bits per heavy atom. The van der Waals surface area contributed by atoms with Crippen molar-refractivity contribution in [1.82, 2.24) is 0 Å². The quantitative estimate of drug-likeness (QED) is 0.716. The Morgan fingerprint density at radius 3 is 2.89 bits per heavy atom. The van der Waals surface area contributed by atoms with E-state index in [0.717, 1.165) is 19.3 Å². The van der Waals surface area contributed by atoms with E-state index in [0.29, 0.717) is 0 Å². The largest absolute Gasteiger partial charge is 0.469 e. The lowest BCUT2D eigenvalue weighted by Gasteiger charge is -2.24. The number of rotatable bonds is 1. The number of fused-ring (bicyclic) bond motifs is 3. The van der Waals surface area contributed by atoms with Crippen molar-refractivity contribution in [3.8, 4) is 0 Å². The number of methoxy groups -OCH3 is 1. The summed E-state index contributed by atoms with van der Waals surface area (Å²) in [5.74, 6) is -0.0538. The van der Waals surface area contributed by atoms with Crippen LogP contribution < -0.4 is 0 Å². The molecule has 1 aliphatic rings. The molecule has 0 saturated heterocycles. The summed E-state index contributed by atoms with van der Waals surface area (Å²) in [6.07, 6.45) is 2.68. The summed E-state index contributed by atoms with van der Waals surface area (Å²) in [6.45, 7) is 0. The summed E-state index contributed by atoms with van der Waals surface area (Å²) in [6, 6.07) is 12.8. The fourth-order valence-electron chi connectivity index (χ4n) is 2.90. The first-order valence-corrected chi connectivity index (χ1v) is 6.37. The smallest absolute Gasteiger partial charge is 0.309 e. The topological polar surface area (TPSA) is 26.3 Å². The summed E-state index contributed by atoms with van der Waals surface area (Å²) < 4.78 is 4.88. The van der Waals surface area contributed by atoms with E-state index in [1.54, 1.807) is 0 Å². The van der Waals surface area contributed by atoms with Crippen molar-refractivity contribution >= 4 is 16.7 Å². The van der Waals surface area contributed by atoms with Crippen LogP contribution in [0.3, 0.4) is 0 Å². The molecule has 0 spiro atoms. The van der Waals surface area contributed by atoms with Crippen LogP contribution in [0.1, 0.15) is 17.5 Å². The molecule has 0 aliphatic heterocycles. The zero-order valence-electron chi connectivity index (χ0n) is 10.5. The van der Waals surface area contributed by atoms with Gasteiger partial charge in [0.2, 0.25) is 0 Å². The second-order valence-corrected chi connectivity index (χ2v) is 4.89. The minimum absolute atomic E-state index is 0.0216. The minimum Gasteiger partial charge on any atom is -0.469 e. The van der Waals surface area contributed by atoms with E-state index in [1.807, 2.05) is 0 Å². The Hall–Kier alpha value is -1.83.